The first-order valence-corrected chi connectivity index (χ1v) is 5.06. The van der Waals surface area contributed by atoms with Crippen LogP contribution in [0.25, 0.3) is 0 Å². The first-order chi connectivity index (χ1) is 6.34. The molecule has 1 aromatic carbocycles. The van der Waals surface area contributed by atoms with Gasteiger partial charge in [0.25, 0.3) is 0 Å². The van der Waals surface area contributed by atoms with E-state index in [4.69, 9.17) is 11.6 Å². The standard InChI is InChI=1S/C10H13ClN2/c11-8-1-3-9(4-2-8)13-10-5-6-12-7-10/h1-4,10,12-13H,5-7H2/p+1/t10-/m0/s1. The van der Waals surface area contributed by atoms with E-state index in [1.807, 2.05) is 24.3 Å². The first-order valence-electron chi connectivity index (χ1n) is 4.68. The fourth-order valence-electron chi connectivity index (χ4n) is 1.67. The topological polar surface area (TPSA) is 28.6 Å². The zero-order valence-corrected chi connectivity index (χ0v) is 8.22. The van der Waals surface area contributed by atoms with E-state index in [9.17, 15) is 0 Å². The Kier molecular flexibility index (Phi) is 2.71. The van der Waals surface area contributed by atoms with E-state index < -0.39 is 0 Å². The molecule has 1 atom stereocenters. The van der Waals surface area contributed by atoms with Crippen molar-refractivity contribution in [1.82, 2.24) is 0 Å². The monoisotopic (exact) mass is 197 g/mol. The highest BCUT2D eigenvalue weighted by Crippen LogP contribution is 2.14. The van der Waals surface area contributed by atoms with Crippen molar-refractivity contribution in [2.24, 2.45) is 0 Å². The van der Waals surface area contributed by atoms with E-state index in [-0.39, 0.29) is 0 Å². The van der Waals surface area contributed by atoms with E-state index in [0.717, 1.165) is 5.02 Å². The van der Waals surface area contributed by atoms with Gasteiger partial charge < -0.3 is 10.6 Å². The second-order valence-electron chi connectivity index (χ2n) is 3.45. The SMILES string of the molecule is Clc1ccc(N[C@H]2CC[NH2+]C2)cc1. The van der Waals surface area contributed by atoms with Crippen molar-refractivity contribution in [3.63, 3.8) is 0 Å². The molecule has 0 radical (unpaired) electrons. The number of halogens is 1. The van der Waals surface area contributed by atoms with E-state index in [0.29, 0.717) is 6.04 Å². The average molecular weight is 198 g/mol. The predicted octanol–water partition coefficient (Wildman–Crippen LogP) is 1.09. The van der Waals surface area contributed by atoms with Gasteiger partial charge in [0.05, 0.1) is 19.1 Å². The van der Waals surface area contributed by atoms with Gasteiger partial charge in [0.2, 0.25) is 0 Å². The van der Waals surface area contributed by atoms with Crippen LogP contribution < -0.4 is 10.6 Å². The number of benzene rings is 1. The van der Waals surface area contributed by atoms with Crippen LogP contribution in [0.15, 0.2) is 24.3 Å². The molecule has 0 aromatic heterocycles. The van der Waals surface area contributed by atoms with E-state index in [2.05, 4.69) is 10.6 Å². The number of anilines is 1. The van der Waals surface area contributed by atoms with Gasteiger partial charge in [-0.2, -0.15) is 0 Å². The predicted molar refractivity (Wildman–Crippen MR) is 55.1 cm³/mol. The van der Waals surface area contributed by atoms with Gasteiger partial charge >= 0.3 is 0 Å². The van der Waals surface area contributed by atoms with Gasteiger partial charge in [0, 0.05) is 17.1 Å². The highest BCUT2D eigenvalue weighted by atomic mass is 35.5. The third kappa shape index (κ3) is 2.36. The van der Waals surface area contributed by atoms with Crippen LogP contribution >= 0.6 is 11.6 Å². The lowest BCUT2D eigenvalue weighted by molar-refractivity contribution is -0.636. The molecule has 0 bridgehead atoms. The maximum absolute atomic E-state index is 5.79. The van der Waals surface area contributed by atoms with Gasteiger partial charge in [-0.25, -0.2) is 0 Å². The molecule has 1 heterocycles. The summed E-state index contributed by atoms with van der Waals surface area (Å²) in [6.45, 7) is 2.42. The minimum absolute atomic E-state index is 0.626. The summed E-state index contributed by atoms with van der Waals surface area (Å²) in [6.07, 6.45) is 1.25. The molecule has 3 heteroatoms. The molecule has 1 aliphatic rings. The fourth-order valence-corrected chi connectivity index (χ4v) is 1.79. The van der Waals surface area contributed by atoms with Crippen molar-refractivity contribution >= 4 is 17.3 Å². The van der Waals surface area contributed by atoms with E-state index in [1.165, 1.54) is 25.2 Å². The second kappa shape index (κ2) is 3.99. The molecule has 0 saturated carbocycles. The number of rotatable bonds is 2. The minimum Gasteiger partial charge on any atom is -0.377 e. The molecule has 1 aromatic rings. The summed E-state index contributed by atoms with van der Waals surface area (Å²) < 4.78 is 0. The molecule has 1 saturated heterocycles. The highest BCUT2D eigenvalue weighted by molar-refractivity contribution is 6.30. The highest BCUT2D eigenvalue weighted by Gasteiger charge is 2.16. The van der Waals surface area contributed by atoms with Crippen LogP contribution in [0.5, 0.6) is 0 Å². The molecule has 2 rings (SSSR count). The Hall–Kier alpha value is -0.730. The lowest BCUT2D eigenvalue weighted by atomic mass is 10.2. The molecule has 0 unspecified atom stereocenters. The van der Waals surface area contributed by atoms with Gasteiger partial charge in [-0.3, -0.25) is 0 Å². The lowest BCUT2D eigenvalue weighted by Crippen LogP contribution is -2.81. The summed E-state index contributed by atoms with van der Waals surface area (Å²) in [7, 11) is 0. The fraction of sp³-hybridized carbons (Fsp3) is 0.400. The molecule has 0 spiro atoms. The van der Waals surface area contributed by atoms with Crippen LogP contribution in [0.3, 0.4) is 0 Å². The molecule has 0 aliphatic carbocycles. The van der Waals surface area contributed by atoms with Crippen molar-refractivity contribution in [1.29, 1.82) is 0 Å². The van der Waals surface area contributed by atoms with Crippen LogP contribution in [0.2, 0.25) is 5.02 Å². The molecule has 1 fully saturated rings. The van der Waals surface area contributed by atoms with Gasteiger partial charge in [-0.15, -0.1) is 0 Å². The molecular weight excluding hydrogens is 184 g/mol. The summed E-state index contributed by atoms with van der Waals surface area (Å²) in [5, 5.41) is 6.61. The van der Waals surface area contributed by atoms with Gasteiger partial charge in [0.1, 0.15) is 0 Å². The zero-order valence-electron chi connectivity index (χ0n) is 7.46. The Balaban J connectivity index is 1.97. The third-order valence-corrected chi connectivity index (χ3v) is 2.64. The molecule has 0 amide bonds. The number of hydrogen-bond donors (Lipinski definition) is 2. The molecule has 70 valence electrons. The van der Waals surface area contributed by atoms with Crippen molar-refractivity contribution in [3.8, 4) is 0 Å². The van der Waals surface area contributed by atoms with Crippen molar-refractivity contribution in [3.05, 3.63) is 29.3 Å². The summed E-state index contributed by atoms with van der Waals surface area (Å²) in [5.41, 5.74) is 1.17. The van der Waals surface area contributed by atoms with Crippen LogP contribution in [-0.4, -0.2) is 19.1 Å². The van der Waals surface area contributed by atoms with Crippen molar-refractivity contribution < 1.29 is 5.32 Å². The number of hydrogen-bond acceptors (Lipinski definition) is 1. The average Bonchev–Trinajstić information content (AvgIpc) is 2.62. The van der Waals surface area contributed by atoms with E-state index >= 15 is 0 Å². The summed E-state index contributed by atoms with van der Waals surface area (Å²) in [4.78, 5) is 0. The molecular formula is C10H14ClN2+. The number of nitrogens with one attached hydrogen (secondary N) is 1. The summed E-state index contributed by atoms with van der Waals surface area (Å²) in [5.74, 6) is 0. The van der Waals surface area contributed by atoms with Crippen molar-refractivity contribution in [2.75, 3.05) is 18.4 Å². The Morgan fingerprint density at radius 3 is 2.69 bits per heavy atom. The maximum atomic E-state index is 5.79. The smallest absolute Gasteiger partial charge is 0.0962 e. The van der Waals surface area contributed by atoms with E-state index in [1.54, 1.807) is 0 Å². The summed E-state index contributed by atoms with van der Waals surface area (Å²) in [6, 6.07) is 8.52. The number of quaternary nitrogens is 1. The minimum atomic E-state index is 0.626. The lowest BCUT2D eigenvalue weighted by Gasteiger charge is -2.10. The van der Waals surface area contributed by atoms with Crippen LogP contribution in [0, 0.1) is 0 Å². The molecule has 3 N–H and O–H groups in total. The Bertz CT molecular complexity index is 265. The molecule has 13 heavy (non-hydrogen) atoms. The first kappa shape index (κ1) is 8.85. The molecule has 2 nitrogen and oxygen atoms in total. The van der Waals surface area contributed by atoms with Gasteiger partial charge in [-0.1, -0.05) is 11.6 Å². The summed E-state index contributed by atoms with van der Waals surface area (Å²) >= 11 is 5.79. The van der Waals surface area contributed by atoms with Crippen LogP contribution in [-0.2, 0) is 0 Å². The van der Waals surface area contributed by atoms with Crippen LogP contribution in [0.1, 0.15) is 6.42 Å². The number of nitrogens with two attached hydrogens (primary N) is 1. The maximum Gasteiger partial charge on any atom is 0.0962 e. The van der Waals surface area contributed by atoms with Crippen molar-refractivity contribution in [2.45, 2.75) is 12.5 Å². The second-order valence-corrected chi connectivity index (χ2v) is 3.89. The molecule has 1 aliphatic heterocycles. The largest absolute Gasteiger partial charge is 0.377 e. The Morgan fingerprint density at radius 2 is 2.08 bits per heavy atom. The van der Waals surface area contributed by atoms with Gasteiger partial charge in [0.15, 0.2) is 0 Å². The van der Waals surface area contributed by atoms with Gasteiger partial charge in [-0.05, 0) is 24.3 Å². The normalized spacial score (nSPS) is 21.8. The quantitative estimate of drug-likeness (QED) is 0.730. The van der Waals surface area contributed by atoms with Crippen LogP contribution in [0.4, 0.5) is 5.69 Å². The third-order valence-electron chi connectivity index (χ3n) is 2.39. The Morgan fingerprint density at radius 1 is 1.31 bits per heavy atom. The Labute approximate surface area is 83.3 Å². The zero-order chi connectivity index (χ0) is 9.10.